The SMILES string of the molecule is CCC(CC)c1cc(C)nn2c(-c3nc4ccc(CF)cc4[nH]3)c(C)nc12. The molecular weight excluding hydrogens is 341 g/mol. The van der Waals surface area contributed by atoms with Crippen LogP contribution in [-0.2, 0) is 6.67 Å². The van der Waals surface area contributed by atoms with E-state index in [1.54, 1.807) is 12.1 Å². The Labute approximate surface area is 157 Å². The second-order valence-corrected chi connectivity index (χ2v) is 7.11. The summed E-state index contributed by atoms with van der Waals surface area (Å²) in [6.07, 6.45) is 2.13. The van der Waals surface area contributed by atoms with Gasteiger partial charge in [0, 0.05) is 5.56 Å². The van der Waals surface area contributed by atoms with Crippen molar-refractivity contribution in [2.45, 2.75) is 53.1 Å². The highest BCUT2D eigenvalue weighted by atomic mass is 19.1. The number of H-pyrrole nitrogens is 1. The lowest BCUT2D eigenvalue weighted by atomic mass is 9.95. The number of fused-ring (bicyclic) bond motifs is 2. The van der Waals surface area contributed by atoms with Crippen molar-refractivity contribution in [3.05, 3.63) is 46.8 Å². The van der Waals surface area contributed by atoms with Gasteiger partial charge in [0.15, 0.2) is 11.5 Å². The molecule has 3 heterocycles. The second kappa shape index (κ2) is 6.76. The number of nitrogens with one attached hydrogen (secondary N) is 1. The molecule has 0 aliphatic heterocycles. The second-order valence-electron chi connectivity index (χ2n) is 7.11. The highest BCUT2D eigenvalue weighted by molar-refractivity contribution is 5.80. The topological polar surface area (TPSA) is 58.9 Å². The van der Waals surface area contributed by atoms with Gasteiger partial charge >= 0.3 is 0 Å². The Morgan fingerprint density at radius 3 is 2.59 bits per heavy atom. The van der Waals surface area contributed by atoms with Crippen LogP contribution in [0.15, 0.2) is 24.3 Å². The van der Waals surface area contributed by atoms with Gasteiger partial charge in [-0.25, -0.2) is 18.9 Å². The van der Waals surface area contributed by atoms with Crippen LogP contribution in [0.3, 0.4) is 0 Å². The van der Waals surface area contributed by atoms with Crippen LogP contribution in [0.2, 0.25) is 0 Å². The molecule has 4 aromatic rings. The van der Waals surface area contributed by atoms with Gasteiger partial charge < -0.3 is 4.98 Å². The van der Waals surface area contributed by atoms with E-state index < -0.39 is 6.67 Å². The average molecular weight is 365 g/mol. The third-order valence-corrected chi connectivity index (χ3v) is 5.26. The van der Waals surface area contributed by atoms with E-state index in [1.807, 2.05) is 24.4 Å². The van der Waals surface area contributed by atoms with Crippen LogP contribution in [0.1, 0.15) is 55.1 Å². The van der Waals surface area contributed by atoms with Gasteiger partial charge in [0.05, 0.1) is 22.4 Å². The van der Waals surface area contributed by atoms with Crippen LogP contribution in [0.4, 0.5) is 4.39 Å². The van der Waals surface area contributed by atoms with Crippen LogP contribution >= 0.6 is 0 Å². The number of hydrogen-bond acceptors (Lipinski definition) is 3. The van der Waals surface area contributed by atoms with Gasteiger partial charge in [-0.1, -0.05) is 19.9 Å². The summed E-state index contributed by atoms with van der Waals surface area (Å²) in [6, 6.07) is 7.56. The maximum absolute atomic E-state index is 13.0. The number of nitrogens with zero attached hydrogens (tertiary/aromatic N) is 4. The first-order chi connectivity index (χ1) is 13.0. The van der Waals surface area contributed by atoms with Gasteiger partial charge in [-0.2, -0.15) is 5.10 Å². The van der Waals surface area contributed by atoms with Gasteiger partial charge in [0.25, 0.3) is 0 Å². The first-order valence-corrected chi connectivity index (χ1v) is 9.47. The Kier molecular flexibility index (Phi) is 4.42. The fourth-order valence-corrected chi connectivity index (χ4v) is 3.83. The van der Waals surface area contributed by atoms with Gasteiger partial charge in [-0.15, -0.1) is 0 Å². The van der Waals surface area contributed by atoms with Crippen LogP contribution in [0, 0.1) is 13.8 Å². The molecular formula is C21H24FN5. The summed E-state index contributed by atoms with van der Waals surface area (Å²) in [5.74, 6) is 1.16. The zero-order chi connectivity index (χ0) is 19.1. The Morgan fingerprint density at radius 2 is 1.89 bits per heavy atom. The number of imidazole rings is 2. The molecule has 0 radical (unpaired) electrons. The maximum atomic E-state index is 13.0. The van der Waals surface area contributed by atoms with Gasteiger partial charge in [0.2, 0.25) is 0 Å². The normalized spacial score (nSPS) is 11.9. The Hall–Kier alpha value is -2.76. The Balaban J connectivity index is 1.96. The lowest BCUT2D eigenvalue weighted by Crippen LogP contribution is -2.05. The fourth-order valence-electron chi connectivity index (χ4n) is 3.83. The van der Waals surface area contributed by atoms with Crippen molar-refractivity contribution in [2.24, 2.45) is 0 Å². The van der Waals surface area contributed by atoms with E-state index in [4.69, 9.17) is 15.1 Å². The predicted octanol–water partition coefficient (Wildman–Crippen LogP) is 5.26. The number of aromatic nitrogens is 5. The van der Waals surface area contributed by atoms with E-state index in [0.717, 1.165) is 46.6 Å². The van der Waals surface area contributed by atoms with Crippen molar-refractivity contribution >= 4 is 16.7 Å². The number of benzene rings is 1. The number of aryl methyl sites for hydroxylation is 2. The molecule has 0 amide bonds. The van der Waals surface area contributed by atoms with E-state index in [9.17, 15) is 4.39 Å². The summed E-state index contributed by atoms with van der Waals surface area (Å²) >= 11 is 0. The molecule has 1 N–H and O–H groups in total. The van der Waals surface area contributed by atoms with Gasteiger partial charge in [-0.3, -0.25) is 0 Å². The van der Waals surface area contributed by atoms with Crippen molar-refractivity contribution in [1.29, 1.82) is 0 Å². The van der Waals surface area contributed by atoms with Crippen LogP contribution < -0.4 is 0 Å². The summed E-state index contributed by atoms with van der Waals surface area (Å²) in [7, 11) is 0. The van der Waals surface area contributed by atoms with Crippen molar-refractivity contribution in [2.75, 3.05) is 0 Å². The molecule has 0 unspecified atom stereocenters. The summed E-state index contributed by atoms with van der Waals surface area (Å²) in [5.41, 5.74) is 7.09. The number of rotatable bonds is 5. The van der Waals surface area contributed by atoms with E-state index in [1.165, 1.54) is 5.56 Å². The quantitative estimate of drug-likeness (QED) is 0.525. The summed E-state index contributed by atoms with van der Waals surface area (Å²) in [5, 5.41) is 4.72. The Bertz CT molecular complexity index is 1120. The third kappa shape index (κ3) is 2.89. The molecule has 0 saturated carbocycles. The number of aromatic amines is 1. The molecule has 4 rings (SSSR count). The molecule has 0 saturated heterocycles. The van der Waals surface area contributed by atoms with E-state index in [0.29, 0.717) is 17.3 Å². The smallest absolute Gasteiger partial charge is 0.159 e. The van der Waals surface area contributed by atoms with E-state index in [-0.39, 0.29) is 0 Å². The average Bonchev–Trinajstić information content (AvgIpc) is 3.21. The lowest BCUT2D eigenvalue weighted by molar-refractivity contribution is 0.485. The van der Waals surface area contributed by atoms with Crippen molar-refractivity contribution in [3.8, 4) is 11.5 Å². The molecule has 1 aromatic carbocycles. The first kappa shape index (κ1) is 17.6. The van der Waals surface area contributed by atoms with Gasteiger partial charge in [-0.05, 0) is 56.4 Å². The monoisotopic (exact) mass is 365 g/mol. The molecule has 0 aliphatic rings. The zero-order valence-corrected chi connectivity index (χ0v) is 16.2. The minimum absolute atomic E-state index is 0.451. The number of hydrogen-bond donors (Lipinski definition) is 1. The predicted molar refractivity (Wildman–Crippen MR) is 106 cm³/mol. The molecule has 27 heavy (non-hydrogen) atoms. The standard InChI is InChI=1S/C21H24FN5/c1-5-15(6-2)16-9-12(3)26-27-19(13(4)23-21(16)27)20-24-17-8-7-14(11-22)10-18(17)25-20/h7-10,15H,5-6,11H2,1-4H3,(H,24,25). The van der Waals surface area contributed by atoms with E-state index in [2.05, 4.69) is 24.9 Å². The zero-order valence-electron chi connectivity index (χ0n) is 16.2. The van der Waals surface area contributed by atoms with Crippen molar-refractivity contribution < 1.29 is 4.39 Å². The van der Waals surface area contributed by atoms with Crippen LogP contribution in [-0.4, -0.2) is 24.6 Å². The summed E-state index contributed by atoms with van der Waals surface area (Å²) in [6.45, 7) is 7.92. The minimum Gasteiger partial charge on any atom is -0.337 e. The van der Waals surface area contributed by atoms with E-state index >= 15 is 0 Å². The van der Waals surface area contributed by atoms with Crippen LogP contribution in [0.5, 0.6) is 0 Å². The maximum Gasteiger partial charge on any atom is 0.159 e. The largest absolute Gasteiger partial charge is 0.337 e. The highest BCUT2D eigenvalue weighted by Gasteiger charge is 2.21. The molecule has 3 aromatic heterocycles. The first-order valence-electron chi connectivity index (χ1n) is 9.47. The van der Waals surface area contributed by atoms with Crippen molar-refractivity contribution in [3.63, 3.8) is 0 Å². The molecule has 0 aliphatic carbocycles. The molecule has 6 heteroatoms. The number of alkyl halides is 1. The Morgan fingerprint density at radius 1 is 1.11 bits per heavy atom. The van der Waals surface area contributed by atoms with Crippen molar-refractivity contribution in [1.82, 2.24) is 24.6 Å². The number of halogens is 1. The van der Waals surface area contributed by atoms with Crippen LogP contribution in [0.25, 0.3) is 28.2 Å². The summed E-state index contributed by atoms with van der Waals surface area (Å²) in [4.78, 5) is 12.9. The molecule has 0 fully saturated rings. The molecule has 0 bridgehead atoms. The fraction of sp³-hybridized carbons (Fsp3) is 0.381. The molecule has 0 atom stereocenters. The molecule has 5 nitrogen and oxygen atoms in total. The third-order valence-electron chi connectivity index (χ3n) is 5.26. The lowest BCUT2D eigenvalue weighted by Gasteiger charge is -2.14. The summed E-state index contributed by atoms with van der Waals surface area (Å²) < 4.78 is 14.9. The highest BCUT2D eigenvalue weighted by Crippen LogP contribution is 2.31. The molecule has 0 spiro atoms. The minimum atomic E-state index is -0.488. The molecule has 140 valence electrons. The van der Waals surface area contributed by atoms with Gasteiger partial charge in [0.1, 0.15) is 12.4 Å².